The molecule has 0 aliphatic rings. The van der Waals surface area contributed by atoms with E-state index in [0.29, 0.717) is 34.0 Å². The minimum Gasteiger partial charge on any atom is -0.495 e. The van der Waals surface area contributed by atoms with E-state index in [9.17, 15) is 4.79 Å². The summed E-state index contributed by atoms with van der Waals surface area (Å²) in [5, 5.41) is 11.5. The number of benzene rings is 2. The van der Waals surface area contributed by atoms with Gasteiger partial charge in [-0.05, 0) is 56.3 Å². The molecule has 0 aliphatic carbocycles. The minimum absolute atomic E-state index is 0.216. The molecule has 0 spiro atoms. The average Bonchev–Trinajstić information content (AvgIpc) is 3.09. The topological polar surface area (TPSA) is 104 Å². The molecule has 1 aromatic heterocycles. The highest BCUT2D eigenvalue weighted by molar-refractivity contribution is 8.00. The van der Waals surface area contributed by atoms with Crippen molar-refractivity contribution in [3.8, 4) is 22.9 Å². The number of carbonyl (C=O) groups excluding carboxylic acids is 1. The van der Waals surface area contributed by atoms with Crippen molar-refractivity contribution in [2.75, 3.05) is 24.9 Å². The summed E-state index contributed by atoms with van der Waals surface area (Å²) in [4.78, 5) is 12.6. The molecule has 0 aliphatic heterocycles. The van der Waals surface area contributed by atoms with Crippen molar-refractivity contribution in [2.45, 2.75) is 24.3 Å². The van der Waals surface area contributed by atoms with Crippen molar-refractivity contribution >= 4 is 35.0 Å². The number of thioether (sulfide) groups is 1. The van der Waals surface area contributed by atoms with Gasteiger partial charge in [-0.25, -0.2) is 4.68 Å². The summed E-state index contributed by atoms with van der Waals surface area (Å²) in [5.41, 5.74) is 1.37. The maximum Gasteiger partial charge on any atom is 0.237 e. The van der Waals surface area contributed by atoms with Crippen LogP contribution in [-0.2, 0) is 4.79 Å². The lowest BCUT2D eigenvalue weighted by atomic mass is 10.2. The molecule has 0 fully saturated rings. The number of hydrogen-bond donors (Lipinski definition) is 2. The Morgan fingerprint density at radius 2 is 2.00 bits per heavy atom. The van der Waals surface area contributed by atoms with E-state index in [4.69, 9.17) is 26.9 Å². The van der Waals surface area contributed by atoms with Gasteiger partial charge in [0.15, 0.2) is 5.82 Å². The van der Waals surface area contributed by atoms with Gasteiger partial charge < -0.3 is 20.6 Å². The zero-order chi connectivity index (χ0) is 21.7. The SMILES string of the molecule is CCOc1ccc(-c2nnc(SC(C)C(=O)Nc3ccc(OC)c(Cl)c3)n2N)cc1. The Bertz CT molecular complexity index is 1030. The van der Waals surface area contributed by atoms with E-state index in [1.54, 1.807) is 25.1 Å². The predicted octanol–water partition coefficient (Wildman–Crippen LogP) is 3.84. The minimum atomic E-state index is -0.467. The zero-order valence-corrected chi connectivity index (χ0v) is 18.3. The number of hydrogen-bond acceptors (Lipinski definition) is 7. The number of rotatable bonds is 8. The van der Waals surface area contributed by atoms with E-state index in [1.807, 2.05) is 31.2 Å². The Morgan fingerprint density at radius 3 is 2.63 bits per heavy atom. The Labute approximate surface area is 183 Å². The highest BCUT2D eigenvalue weighted by atomic mass is 35.5. The van der Waals surface area contributed by atoms with Crippen molar-refractivity contribution in [1.82, 2.24) is 14.9 Å². The third kappa shape index (κ3) is 4.98. The molecule has 1 heterocycles. The Hall–Kier alpha value is -2.91. The first-order valence-corrected chi connectivity index (χ1v) is 10.4. The molecule has 3 N–H and O–H groups in total. The van der Waals surface area contributed by atoms with Crippen LogP contribution >= 0.6 is 23.4 Å². The van der Waals surface area contributed by atoms with Crippen LogP contribution in [0.3, 0.4) is 0 Å². The molecular weight excluding hydrogens is 426 g/mol. The standard InChI is InChI=1S/C20H22ClN5O3S/c1-4-29-15-8-5-13(6-9-15)18-24-25-20(26(18)22)30-12(2)19(27)23-14-7-10-17(28-3)16(21)11-14/h5-12H,4,22H2,1-3H3,(H,23,27). The fourth-order valence-corrected chi connectivity index (χ4v) is 3.65. The summed E-state index contributed by atoms with van der Waals surface area (Å²) >= 11 is 7.31. The average molecular weight is 448 g/mol. The van der Waals surface area contributed by atoms with Gasteiger partial charge in [0, 0.05) is 11.3 Å². The molecule has 8 nitrogen and oxygen atoms in total. The van der Waals surface area contributed by atoms with Gasteiger partial charge in [0.05, 0.1) is 24.0 Å². The number of nitrogens with zero attached hydrogens (tertiary/aromatic N) is 3. The van der Waals surface area contributed by atoms with Crippen LogP contribution in [0.5, 0.6) is 11.5 Å². The Balaban J connectivity index is 1.67. The van der Waals surface area contributed by atoms with Crippen molar-refractivity contribution in [2.24, 2.45) is 0 Å². The monoisotopic (exact) mass is 447 g/mol. The molecule has 158 valence electrons. The number of nitrogens with one attached hydrogen (secondary N) is 1. The van der Waals surface area contributed by atoms with Crippen molar-refractivity contribution in [1.29, 1.82) is 0 Å². The molecule has 1 amide bonds. The number of aromatic nitrogens is 3. The van der Waals surface area contributed by atoms with Gasteiger partial charge in [-0.1, -0.05) is 23.4 Å². The van der Waals surface area contributed by atoms with Crippen LogP contribution in [-0.4, -0.2) is 39.7 Å². The van der Waals surface area contributed by atoms with E-state index >= 15 is 0 Å². The Morgan fingerprint density at radius 1 is 1.27 bits per heavy atom. The van der Waals surface area contributed by atoms with Gasteiger partial charge in [0.1, 0.15) is 11.5 Å². The molecular formula is C20H22ClN5O3S. The molecule has 0 saturated carbocycles. The van der Waals surface area contributed by atoms with Crippen molar-refractivity contribution in [3.05, 3.63) is 47.5 Å². The molecule has 3 aromatic rings. The smallest absolute Gasteiger partial charge is 0.237 e. The molecule has 30 heavy (non-hydrogen) atoms. The fourth-order valence-electron chi connectivity index (χ4n) is 2.62. The molecule has 0 radical (unpaired) electrons. The summed E-state index contributed by atoms with van der Waals surface area (Å²) in [6, 6.07) is 12.4. The largest absolute Gasteiger partial charge is 0.495 e. The number of nitrogens with two attached hydrogens (primary N) is 1. The summed E-state index contributed by atoms with van der Waals surface area (Å²) in [6.45, 7) is 4.28. The van der Waals surface area contributed by atoms with Crippen LogP contribution in [0.2, 0.25) is 5.02 Å². The predicted molar refractivity (Wildman–Crippen MR) is 119 cm³/mol. The first kappa shape index (κ1) is 21.8. The summed E-state index contributed by atoms with van der Waals surface area (Å²) in [6.07, 6.45) is 0. The summed E-state index contributed by atoms with van der Waals surface area (Å²) < 4.78 is 11.9. The lowest BCUT2D eigenvalue weighted by Crippen LogP contribution is -2.23. The van der Waals surface area contributed by atoms with Gasteiger partial charge >= 0.3 is 0 Å². The molecule has 3 rings (SSSR count). The van der Waals surface area contributed by atoms with Crippen molar-refractivity contribution in [3.63, 3.8) is 0 Å². The first-order valence-electron chi connectivity index (χ1n) is 9.17. The van der Waals surface area contributed by atoms with Gasteiger partial charge in [-0.3, -0.25) is 4.79 Å². The fraction of sp³-hybridized carbons (Fsp3) is 0.250. The van der Waals surface area contributed by atoms with E-state index in [0.717, 1.165) is 11.3 Å². The second kappa shape index (κ2) is 9.73. The van der Waals surface area contributed by atoms with Gasteiger partial charge in [-0.2, -0.15) is 0 Å². The highest BCUT2D eigenvalue weighted by Crippen LogP contribution is 2.29. The molecule has 1 atom stereocenters. The van der Waals surface area contributed by atoms with Gasteiger partial charge in [-0.15, -0.1) is 10.2 Å². The number of halogens is 1. The number of ether oxygens (including phenoxy) is 2. The molecule has 0 bridgehead atoms. The van der Waals surface area contributed by atoms with E-state index < -0.39 is 5.25 Å². The van der Waals surface area contributed by atoms with Crippen LogP contribution in [0.25, 0.3) is 11.4 Å². The third-order valence-corrected chi connectivity index (χ3v) is 5.51. The number of methoxy groups -OCH3 is 1. The maximum absolute atomic E-state index is 12.6. The van der Waals surface area contributed by atoms with Crippen LogP contribution < -0.4 is 20.6 Å². The van der Waals surface area contributed by atoms with Crippen LogP contribution in [0.15, 0.2) is 47.6 Å². The van der Waals surface area contributed by atoms with E-state index in [-0.39, 0.29) is 5.91 Å². The highest BCUT2D eigenvalue weighted by Gasteiger charge is 2.20. The van der Waals surface area contributed by atoms with Gasteiger partial charge in [0.25, 0.3) is 0 Å². The zero-order valence-electron chi connectivity index (χ0n) is 16.8. The maximum atomic E-state index is 12.6. The summed E-state index contributed by atoms with van der Waals surface area (Å²) in [7, 11) is 1.53. The first-order chi connectivity index (χ1) is 14.4. The third-order valence-electron chi connectivity index (χ3n) is 4.16. The summed E-state index contributed by atoms with van der Waals surface area (Å²) in [5.74, 6) is 7.74. The molecule has 1 unspecified atom stereocenters. The van der Waals surface area contributed by atoms with Crippen LogP contribution in [0, 0.1) is 0 Å². The molecule has 10 heteroatoms. The number of anilines is 1. The second-order valence-electron chi connectivity index (χ2n) is 6.23. The lowest BCUT2D eigenvalue weighted by Gasteiger charge is -2.12. The Kier molecular flexibility index (Phi) is 7.07. The van der Waals surface area contributed by atoms with Gasteiger partial charge in [0.2, 0.25) is 11.1 Å². The van der Waals surface area contributed by atoms with Crippen LogP contribution in [0.4, 0.5) is 5.69 Å². The number of amides is 1. The van der Waals surface area contributed by atoms with E-state index in [2.05, 4.69) is 15.5 Å². The number of nitrogen functional groups attached to an aromatic ring is 1. The van der Waals surface area contributed by atoms with Crippen molar-refractivity contribution < 1.29 is 14.3 Å². The normalized spacial score (nSPS) is 11.7. The molecule has 0 saturated heterocycles. The van der Waals surface area contributed by atoms with E-state index in [1.165, 1.54) is 23.5 Å². The molecule has 2 aromatic carbocycles. The second-order valence-corrected chi connectivity index (χ2v) is 7.95. The number of carbonyl (C=O) groups is 1. The van der Waals surface area contributed by atoms with Crippen LogP contribution in [0.1, 0.15) is 13.8 Å². The quantitative estimate of drug-likeness (QED) is 0.399. The lowest BCUT2D eigenvalue weighted by molar-refractivity contribution is -0.115.